The number of piperidine rings is 1. The predicted octanol–water partition coefficient (Wildman–Crippen LogP) is 3.49. The summed E-state index contributed by atoms with van der Waals surface area (Å²) in [5.41, 5.74) is 4.47. The van der Waals surface area contributed by atoms with Gasteiger partial charge in [-0.05, 0) is 44.3 Å². The molecule has 0 N–H and O–H groups in total. The highest BCUT2D eigenvalue weighted by Crippen LogP contribution is 2.32. The van der Waals surface area contributed by atoms with Crippen molar-refractivity contribution in [2.45, 2.75) is 38.8 Å². The van der Waals surface area contributed by atoms with Crippen LogP contribution in [0, 0.1) is 29.7 Å². The highest BCUT2D eigenvalue weighted by molar-refractivity contribution is 7.03. The number of pyridine rings is 1. The second kappa shape index (κ2) is 8.52. The summed E-state index contributed by atoms with van der Waals surface area (Å²) in [5.74, 6) is 0.506. The molecule has 1 aliphatic heterocycles. The molecule has 0 spiro atoms. The van der Waals surface area contributed by atoms with Crippen LogP contribution in [0.5, 0.6) is 5.88 Å². The maximum Gasteiger partial charge on any atom is 0.201 e. The number of hydrogen-bond acceptors (Lipinski definition) is 9. The van der Waals surface area contributed by atoms with Crippen molar-refractivity contribution in [3.8, 4) is 29.4 Å². The third kappa shape index (κ3) is 3.77. The van der Waals surface area contributed by atoms with Gasteiger partial charge in [0.25, 0.3) is 0 Å². The van der Waals surface area contributed by atoms with Crippen LogP contribution < -0.4 is 4.74 Å². The molecule has 0 bridgehead atoms. The van der Waals surface area contributed by atoms with Crippen LogP contribution in [-0.4, -0.2) is 46.7 Å². The topological polar surface area (TPSA) is 121 Å². The van der Waals surface area contributed by atoms with Crippen molar-refractivity contribution in [3.05, 3.63) is 46.9 Å². The fraction of sp³-hybridized carbons (Fsp3) is 0.364. The quantitative estimate of drug-likeness (QED) is 0.416. The van der Waals surface area contributed by atoms with E-state index in [2.05, 4.69) is 31.9 Å². The maximum atomic E-state index is 9.56. The highest BCUT2D eigenvalue weighted by Gasteiger charge is 2.24. The third-order valence-electron chi connectivity index (χ3n) is 6.06. The first-order valence-corrected chi connectivity index (χ1v) is 11.5. The van der Waals surface area contributed by atoms with Gasteiger partial charge in [-0.15, -0.1) is 5.10 Å². The van der Waals surface area contributed by atoms with Gasteiger partial charge in [0, 0.05) is 41.9 Å². The molecule has 33 heavy (non-hydrogen) atoms. The lowest BCUT2D eigenvalue weighted by Crippen LogP contribution is -2.31. The summed E-state index contributed by atoms with van der Waals surface area (Å²) in [6, 6.07) is 6.16. The van der Waals surface area contributed by atoms with Gasteiger partial charge in [-0.2, -0.15) is 10.5 Å². The first kappa shape index (κ1) is 20.9. The lowest BCUT2D eigenvalue weighted by molar-refractivity contribution is 0.215. The Balaban J connectivity index is 1.52. The Morgan fingerprint density at radius 2 is 2.03 bits per heavy atom. The van der Waals surface area contributed by atoms with E-state index in [1.54, 1.807) is 15.5 Å². The molecular weight excluding hydrogens is 438 g/mol. The normalized spacial score (nSPS) is 15.3. The number of imidazole rings is 1. The van der Waals surface area contributed by atoms with Gasteiger partial charge in [-0.1, -0.05) is 5.21 Å². The molecule has 1 aliphatic rings. The fourth-order valence-electron chi connectivity index (χ4n) is 4.21. The minimum Gasteiger partial charge on any atom is -0.471 e. The summed E-state index contributed by atoms with van der Waals surface area (Å²) < 4.78 is 14.1. The predicted molar refractivity (Wildman–Crippen MR) is 120 cm³/mol. The van der Waals surface area contributed by atoms with E-state index in [-0.39, 0.29) is 12.1 Å². The van der Waals surface area contributed by atoms with Crippen molar-refractivity contribution >= 4 is 17.2 Å². The van der Waals surface area contributed by atoms with Crippen LogP contribution in [0.1, 0.15) is 48.9 Å². The SMILES string of the molecule is Cc1c(-c2cc(OC(C)c3cnsc3)n3c(C#N)cnc3c2)nnn1C1CCN(C#N)CC1. The number of aromatic nitrogens is 6. The van der Waals surface area contributed by atoms with E-state index in [1.807, 2.05) is 36.0 Å². The van der Waals surface area contributed by atoms with Gasteiger partial charge in [-0.3, -0.25) is 4.40 Å². The summed E-state index contributed by atoms with van der Waals surface area (Å²) >= 11 is 1.37. The number of rotatable bonds is 5. The second-order valence-corrected chi connectivity index (χ2v) is 8.69. The van der Waals surface area contributed by atoms with Gasteiger partial charge >= 0.3 is 0 Å². The Kier molecular flexibility index (Phi) is 5.40. The van der Waals surface area contributed by atoms with Crippen molar-refractivity contribution < 1.29 is 4.74 Å². The van der Waals surface area contributed by atoms with E-state index in [4.69, 9.17) is 10.00 Å². The summed E-state index contributed by atoms with van der Waals surface area (Å²) in [5, 5.41) is 29.5. The minimum absolute atomic E-state index is 0.207. The van der Waals surface area contributed by atoms with Crippen LogP contribution in [-0.2, 0) is 0 Å². The third-order valence-corrected chi connectivity index (χ3v) is 6.66. The standard InChI is InChI=1S/C22H21N9OS/c1-14-22(27-28-31(14)18-3-5-29(13-24)6-4-18)16-7-20-25-11-19(9-23)30(20)21(8-16)32-15(2)17-10-26-33-12-17/h7-8,10-12,15,18H,3-6H2,1-2H3. The molecule has 0 aliphatic carbocycles. The lowest BCUT2D eigenvalue weighted by atomic mass is 10.0. The van der Waals surface area contributed by atoms with Gasteiger partial charge in [0.1, 0.15) is 29.2 Å². The van der Waals surface area contributed by atoms with Gasteiger partial charge in [0.2, 0.25) is 5.88 Å². The molecule has 4 aromatic rings. The summed E-state index contributed by atoms with van der Waals surface area (Å²) in [7, 11) is 0. The Morgan fingerprint density at radius 1 is 1.21 bits per heavy atom. The molecule has 11 heteroatoms. The molecule has 0 aromatic carbocycles. The van der Waals surface area contributed by atoms with Gasteiger partial charge in [0.05, 0.1) is 17.9 Å². The Labute approximate surface area is 194 Å². The molecule has 1 saturated heterocycles. The molecule has 1 unspecified atom stereocenters. The molecule has 1 atom stereocenters. The van der Waals surface area contributed by atoms with Gasteiger partial charge in [0.15, 0.2) is 6.19 Å². The van der Waals surface area contributed by atoms with Crippen LogP contribution in [0.25, 0.3) is 16.9 Å². The molecule has 0 amide bonds. The monoisotopic (exact) mass is 459 g/mol. The lowest BCUT2D eigenvalue weighted by Gasteiger charge is -2.28. The summed E-state index contributed by atoms with van der Waals surface area (Å²) in [4.78, 5) is 6.18. The van der Waals surface area contributed by atoms with Crippen molar-refractivity contribution in [2.24, 2.45) is 0 Å². The Bertz CT molecular complexity index is 1370. The van der Waals surface area contributed by atoms with E-state index in [0.717, 1.165) is 48.4 Å². The maximum absolute atomic E-state index is 9.56. The first-order valence-electron chi connectivity index (χ1n) is 10.6. The zero-order valence-corrected chi connectivity index (χ0v) is 19.0. The Morgan fingerprint density at radius 3 is 2.73 bits per heavy atom. The number of ether oxygens (including phenoxy) is 1. The summed E-state index contributed by atoms with van der Waals surface area (Å²) in [6.07, 6.45) is 6.98. The number of likely N-dealkylation sites (tertiary alicyclic amines) is 1. The highest BCUT2D eigenvalue weighted by atomic mass is 32.1. The minimum atomic E-state index is -0.252. The molecule has 166 valence electrons. The van der Waals surface area contributed by atoms with E-state index in [0.29, 0.717) is 17.2 Å². The number of nitrogens with zero attached hydrogens (tertiary/aromatic N) is 9. The van der Waals surface area contributed by atoms with E-state index in [9.17, 15) is 5.26 Å². The van der Waals surface area contributed by atoms with Crippen molar-refractivity contribution in [2.75, 3.05) is 13.1 Å². The van der Waals surface area contributed by atoms with Crippen LogP contribution in [0.2, 0.25) is 0 Å². The molecule has 5 heterocycles. The molecule has 5 rings (SSSR count). The molecule has 0 radical (unpaired) electrons. The average Bonchev–Trinajstić information content (AvgIpc) is 3.59. The van der Waals surface area contributed by atoms with E-state index >= 15 is 0 Å². The second-order valence-electron chi connectivity index (χ2n) is 8.04. The molecule has 10 nitrogen and oxygen atoms in total. The van der Waals surface area contributed by atoms with Crippen LogP contribution in [0.3, 0.4) is 0 Å². The molecular formula is C22H21N9OS. The molecule has 0 saturated carbocycles. The van der Waals surface area contributed by atoms with Gasteiger partial charge in [-0.25, -0.2) is 14.0 Å². The van der Waals surface area contributed by atoms with Crippen LogP contribution in [0.15, 0.2) is 29.9 Å². The Hall–Kier alpha value is -3.96. The van der Waals surface area contributed by atoms with Crippen molar-refractivity contribution in [1.29, 1.82) is 10.5 Å². The number of fused-ring (bicyclic) bond motifs is 1. The van der Waals surface area contributed by atoms with Crippen molar-refractivity contribution in [3.63, 3.8) is 0 Å². The van der Waals surface area contributed by atoms with Crippen LogP contribution >= 0.6 is 11.5 Å². The first-order chi connectivity index (χ1) is 16.1. The largest absolute Gasteiger partial charge is 0.471 e. The molecule has 4 aromatic heterocycles. The van der Waals surface area contributed by atoms with E-state index in [1.165, 1.54) is 17.7 Å². The number of nitriles is 2. The van der Waals surface area contributed by atoms with Crippen LogP contribution in [0.4, 0.5) is 0 Å². The smallest absolute Gasteiger partial charge is 0.201 e. The zero-order chi connectivity index (χ0) is 22.9. The number of hydrogen-bond donors (Lipinski definition) is 0. The fourth-order valence-corrected chi connectivity index (χ4v) is 4.83. The average molecular weight is 460 g/mol. The molecule has 1 fully saturated rings. The summed E-state index contributed by atoms with van der Waals surface area (Å²) in [6.45, 7) is 5.39. The van der Waals surface area contributed by atoms with Crippen molar-refractivity contribution in [1.82, 2.24) is 33.7 Å². The zero-order valence-electron chi connectivity index (χ0n) is 18.2. The van der Waals surface area contributed by atoms with E-state index < -0.39 is 0 Å². The van der Waals surface area contributed by atoms with Gasteiger partial charge < -0.3 is 9.64 Å².